The van der Waals surface area contributed by atoms with Crippen LogP contribution in [0.1, 0.15) is 38.5 Å². The number of thioether (sulfide) groups is 2. The molecule has 4 amide bonds. The summed E-state index contributed by atoms with van der Waals surface area (Å²) in [6.45, 7) is 3.95. The fourth-order valence-corrected chi connectivity index (χ4v) is 5.90. The van der Waals surface area contributed by atoms with Gasteiger partial charge in [0.2, 0.25) is 0 Å². The zero-order chi connectivity index (χ0) is 17.1. The van der Waals surface area contributed by atoms with Gasteiger partial charge in [-0.25, -0.2) is 4.79 Å². The van der Waals surface area contributed by atoms with Crippen molar-refractivity contribution in [3.05, 3.63) is 22.5 Å². The molecule has 1 aliphatic carbocycles. The molecule has 5 nitrogen and oxygen atoms in total. The predicted molar refractivity (Wildman–Crippen MR) is 97.6 cm³/mol. The van der Waals surface area contributed by atoms with E-state index in [9.17, 15) is 14.4 Å². The smallest absolute Gasteiger partial charge is 0.268 e. The van der Waals surface area contributed by atoms with Gasteiger partial charge in [0.25, 0.3) is 11.8 Å². The van der Waals surface area contributed by atoms with Crippen molar-refractivity contribution in [2.24, 2.45) is 0 Å². The van der Waals surface area contributed by atoms with Crippen molar-refractivity contribution in [1.82, 2.24) is 9.80 Å². The lowest BCUT2D eigenvalue weighted by atomic mass is 10.1. The average molecular weight is 367 g/mol. The van der Waals surface area contributed by atoms with Crippen LogP contribution in [0.5, 0.6) is 0 Å². The minimum absolute atomic E-state index is 0.0708. The Morgan fingerprint density at radius 2 is 1.71 bits per heavy atom. The first-order valence-corrected chi connectivity index (χ1v) is 10.4. The number of amides is 4. The third kappa shape index (κ3) is 3.28. The monoisotopic (exact) mass is 366 g/mol. The van der Waals surface area contributed by atoms with Crippen LogP contribution < -0.4 is 0 Å². The van der Waals surface area contributed by atoms with Crippen LogP contribution >= 0.6 is 23.5 Å². The van der Waals surface area contributed by atoms with Crippen molar-refractivity contribution in [2.45, 2.75) is 44.6 Å². The zero-order valence-corrected chi connectivity index (χ0v) is 15.3. The van der Waals surface area contributed by atoms with E-state index in [1.807, 2.05) is 0 Å². The van der Waals surface area contributed by atoms with Gasteiger partial charge >= 0.3 is 6.03 Å². The molecule has 3 rings (SSSR count). The van der Waals surface area contributed by atoms with Gasteiger partial charge in [-0.05, 0) is 37.2 Å². The van der Waals surface area contributed by atoms with E-state index in [4.69, 9.17) is 0 Å². The van der Waals surface area contributed by atoms with E-state index in [2.05, 4.69) is 6.58 Å². The summed E-state index contributed by atoms with van der Waals surface area (Å²) in [5, 5.41) is 0. The molecule has 0 aromatic heterocycles. The minimum Gasteiger partial charge on any atom is -0.268 e. The van der Waals surface area contributed by atoms with Crippen molar-refractivity contribution in [3.8, 4) is 0 Å². The number of hydrogen-bond donors (Lipinski definition) is 0. The Morgan fingerprint density at radius 1 is 1.04 bits per heavy atom. The number of carbonyl (C=O) groups is 3. The summed E-state index contributed by atoms with van der Waals surface area (Å²) in [7, 11) is 0. The van der Waals surface area contributed by atoms with E-state index in [0.717, 1.165) is 47.8 Å². The number of imide groups is 2. The quantitative estimate of drug-likeness (QED) is 0.434. The van der Waals surface area contributed by atoms with E-state index < -0.39 is 11.9 Å². The summed E-state index contributed by atoms with van der Waals surface area (Å²) in [6, 6.07) is -0.521. The molecule has 1 saturated carbocycles. The summed E-state index contributed by atoms with van der Waals surface area (Å²) in [6.07, 6.45) is 7.02. The molecular weight excluding hydrogens is 344 g/mol. The van der Waals surface area contributed by atoms with Crippen LogP contribution in [0.15, 0.2) is 22.5 Å². The van der Waals surface area contributed by atoms with Gasteiger partial charge in [-0.1, -0.05) is 18.9 Å². The Hall–Kier alpha value is -1.21. The van der Waals surface area contributed by atoms with Crippen molar-refractivity contribution in [1.29, 1.82) is 0 Å². The summed E-state index contributed by atoms with van der Waals surface area (Å²) >= 11 is 3.13. The number of nitrogens with zero attached hydrogens (tertiary/aromatic N) is 2. The van der Waals surface area contributed by atoms with Gasteiger partial charge in [-0.2, -0.15) is 0 Å². The third-order valence-corrected chi connectivity index (χ3v) is 7.16. The van der Waals surface area contributed by atoms with Crippen molar-refractivity contribution in [3.63, 3.8) is 0 Å². The fraction of sp³-hybridized carbons (Fsp3) is 0.588. The Bertz CT molecular complexity index is 589. The van der Waals surface area contributed by atoms with Crippen molar-refractivity contribution < 1.29 is 14.4 Å². The molecule has 0 aromatic carbocycles. The molecule has 0 radical (unpaired) electrons. The van der Waals surface area contributed by atoms with Crippen LogP contribution in [0.3, 0.4) is 0 Å². The fourth-order valence-electron chi connectivity index (χ4n) is 3.30. The second kappa shape index (κ2) is 7.78. The number of carbonyl (C=O) groups excluding carboxylic acids is 3. The lowest BCUT2D eigenvalue weighted by Crippen LogP contribution is -2.59. The molecule has 130 valence electrons. The molecule has 2 aliphatic heterocycles. The first-order valence-electron chi connectivity index (χ1n) is 8.45. The Kier molecular flexibility index (Phi) is 5.71. The second-order valence-corrected chi connectivity index (χ2v) is 8.61. The molecule has 2 saturated heterocycles. The molecule has 24 heavy (non-hydrogen) atoms. The molecule has 2 heterocycles. The van der Waals surface area contributed by atoms with Gasteiger partial charge in [-0.15, -0.1) is 30.1 Å². The zero-order valence-electron chi connectivity index (χ0n) is 13.7. The Labute approximate surface area is 150 Å². The molecule has 0 atom stereocenters. The van der Waals surface area contributed by atoms with E-state index in [-0.39, 0.29) is 24.1 Å². The minimum atomic E-state index is -0.450. The van der Waals surface area contributed by atoms with Gasteiger partial charge < -0.3 is 0 Å². The highest BCUT2D eigenvalue weighted by Gasteiger charge is 2.46. The molecular formula is C17H22N2O3S2. The maximum Gasteiger partial charge on any atom is 0.334 e. The molecule has 0 unspecified atom stereocenters. The molecule has 3 fully saturated rings. The van der Waals surface area contributed by atoms with E-state index >= 15 is 0 Å². The van der Waals surface area contributed by atoms with Crippen LogP contribution in [-0.2, 0) is 9.59 Å². The number of barbiturate groups is 1. The van der Waals surface area contributed by atoms with Gasteiger partial charge in [0.05, 0.1) is 4.24 Å². The van der Waals surface area contributed by atoms with Crippen LogP contribution in [-0.4, -0.2) is 51.7 Å². The van der Waals surface area contributed by atoms with E-state index in [0.29, 0.717) is 6.42 Å². The standard InChI is InChI=1S/C17H22N2O3S2/c1-2-3-9-18-14(20)13(16-23-10-6-11-24-16)15(21)19(17(18)22)12-7-4-5-8-12/h2,12H,1,3-11H2. The molecule has 0 aromatic rings. The molecule has 0 N–H and O–H groups in total. The van der Waals surface area contributed by atoms with Crippen molar-refractivity contribution in [2.75, 3.05) is 18.1 Å². The first-order chi connectivity index (χ1) is 11.6. The normalized spacial score (nSPS) is 23.4. The first kappa shape index (κ1) is 17.6. The molecule has 0 bridgehead atoms. The average Bonchev–Trinajstić information content (AvgIpc) is 3.10. The van der Waals surface area contributed by atoms with E-state index in [1.54, 1.807) is 29.6 Å². The predicted octanol–water partition coefficient (Wildman–Crippen LogP) is 3.38. The Balaban J connectivity index is 1.97. The van der Waals surface area contributed by atoms with Gasteiger partial charge in [-0.3, -0.25) is 19.4 Å². The summed E-state index contributed by atoms with van der Waals surface area (Å²) in [5.41, 5.74) is 0.209. The number of rotatable bonds is 4. The van der Waals surface area contributed by atoms with Crippen LogP contribution in [0.4, 0.5) is 4.79 Å². The van der Waals surface area contributed by atoms with Crippen LogP contribution in [0.2, 0.25) is 0 Å². The number of hydrogen-bond acceptors (Lipinski definition) is 5. The highest BCUT2D eigenvalue weighted by molar-refractivity contribution is 8.22. The van der Waals surface area contributed by atoms with E-state index in [1.165, 1.54) is 9.80 Å². The highest BCUT2D eigenvalue weighted by Crippen LogP contribution is 2.40. The highest BCUT2D eigenvalue weighted by atomic mass is 32.2. The second-order valence-electron chi connectivity index (χ2n) is 6.14. The maximum absolute atomic E-state index is 13.0. The summed E-state index contributed by atoms with van der Waals surface area (Å²) < 4.78 is 0.787. The SMILES string of the molecule is C=CCCN1C(=O)C(=C2SCCCS2)C(=O)N(C2CCCC2)C1=O. The molecule has 3 aliphatic rings. The van der Waals surface area contributed by atoms with Crippen LogP contribution in [0.25, 0.3) is 0 Å². The number of urea groups is 1. The molecule has 7 heteroatoms. The largest absolute Gasteiger partial charge is 0.334 e. The van der Waals surface area contributed by atoms with Gasteiger partial charge in [0.1, 0.15) is 5.57 Å². The lowest BCUT2D eigenvalue weighted by molar-refractivity contribution is -0.137. The maximum atomic E-state index is 13.0. The Morgan fingerprint density at radius 3 is 2.33 bits per heavy atom. The van der Waals surface area contributed by atoms with Gasteiger partial charge in [0, 0.05) is 12.6 Å². The van der Waals surface area contributed by atoms with Gasteiger partial charge in [0.15, 0.2) is 0 Å². The summed E-state index contributed by atoms with van der Waals surface area (Å²) in [5.74, 6) is 1.01. The lowest BCUT2D eigenvalue weighted by Gasteiger charge is -2.37. The third-order valence-electron chi connectivity index (χ3n) is 4.53. The molecule has 0 spiro atoms. The topological polar surface area (TPSA) is 57.7 Å². The summed E-state index contributed by atoms with van der Waals surface area (Å²) in [4.78, 5) is 41.3. The van der Waals surface area contributed by atoms with Crippen molar-refractivity contribution >= 4 is 41.4 Å². The van der Waals surface area contributed by atoms with Crippen LogP contribution in [0, 0.1) is 0 Å².